The van der Waals surface area contributed by atoms with Crippen molar-refractivity contribution >= 4 is 34.7 Å². The quantitative estimate of drug-likeness (QED) is 0.666. The predicted octanol–water partition coefficient (Wildman–Crippen LogP) is 3.63. The van der Waals surface area contributed by atoms with Crippen LogP contribution in [0.15, 0.2) is 48.0 Å². The van der Waals surface area contributed by atoms with Crippen LogP contribution in [0.5, 0.6) is 0 Å². The molecule has 0 atom stereocenters. The molecule has 132 valence electrons. The lowest BCUT2D eigenvalue weighted by Crippen LogP contribution is -2.58. The maximum Gasteiger partial charge on any atom is 0.331 e. The second kappa shape index (κ2) is 6.75. The number of rotatable bonds is 2. The summed E-state index contributed by atoms with van der Waals surface area (Å²) in [6.07, 6.45) is 6.32. The van der Waals surface area contributed by atoms with Crippen molar-refractivity contribution in [1.82, 2.24) is 10.2 Å². The summed E-state index contributed by atoms with van der Waals surface area (Å²) < 4.78 is 0. The first kappa shape index (κ1) is 16.5. The minimum Gasteiger partial charge on any atom is -0.273 e. The van der Waals surface area contributed by atoms with Gasteiger partial charge >= 0.3 is 6.03 Å². The Balaban J connectivity index is 1.74. The van der Waals surface area contributed by atoms with E-state index in [4.69, 9.17) is 0 Å². The molecule has 1 saturated carbocycles. The Bertz CT molecular complexity index is 921. The topological polar surface area (TPSA) is 66.5 Å². The van der Waals surface area contributed by atoms with Crippen molar-refractivity contribution in [2.75, 3.05) is 0 Å². The van der Waals surface area contributed by atoms with Crippen molar-refractivity contribution in [1.29, 1.82) is 0 Å². The number of urea groups is 1. The molecule has 0 bridgehead atoms. The van der Waals surface area contributed by atoms with Gasteiger partial charge in [-0.05, 0) is 35.3 Å². The summed E-state index contributed by atoms with van der Waals surface area (Å²) in [5.74, 6) is -1.11. The summed E-state index contributed by atoms with van der Waals surface area (Å²) in [4.78, 5) is 38.8. The average Bonchev–Trinajstić information content (AvgIpc) is 2.66. The molecule has 0 spiro atoms. The third kappa shape index (κ3) is 2.90. The number of carbonyl (C=O) groups is 3. The molecule has 5 nitrogen and oxygen atoms in total. The minimum absolute atomic E-state index is 0.0199. The van der Waals surface area contributed by atoms with Gasteiger partial charge in [-0.1, -0.05) is 61.7 Å². The van der Waals surface area contributed by atoms with Crippen LogP contribution >= 0.6 is 0 Å². The van der Waals surface area contributed by atoms with Crippen LogP contribution in [0.25, 0.3) is 16.8 Å². The number of barbiturate groups is 1. The third-order valence-electron chi connectivity index (χ3n) is 5.20. The summed E-state index contributed by atoms with van der Waals surface area (Å²) in [6, 6.07) is 12.8. The highest BCUT2D eigenvalue weighted by molar-refractivity contribution is 6.31. The van der Waals surface area contributed by atoms with Gasteiger partial charge in [0.15, 0.2) is 0 Å². The lowest BCUT2D eigenvalue weighted by Gasteiger charge is -2.35. The fourth-order valence-corrected chi connectivity index (χ4v) is 3.87. The van der Waals surface area contributed by atoms with Crippen LogP contribution in [0.3, 0.4) is 0 Å². The Kier molecular flexibility index (Phi) is 4.29. The Labute approximate surface area is 151 Å². The highest BCUT2D eigenvalue weighted by Crippen LogP contribution is 2.27. The first-order valence-corrected chi connectivity index (χ1v) is 9.03. The van der Waals surface area contributed by atoms with Gasteiger partial charge in [-0.2, -0.15) is 0 Å². The first-order valence-electron chi connectivity index (χ1n) is 9.03. The summed E-state index contributed by atoms with van der Waals surface area (Å²) >= 11 is 0. The zero-order chi connectivity index (χ0) is 18.1. The Morgan fingerprint density at radius 3 is 2.46 bits per heavy atom. The molecule has 4 rings (SSSR count). The molecule has 1 N–H and O–H groups in total. The zero-order valence-corrected chi connectivity index (χ0v) is 14.4. The largest absolute Gasteiger partial charge is 0.331 e. The van der Waals surface area contributed by atoms with Gasteiger partial charge in [-0.15, -0.1) is 0 Å². The molecular formula is C21H20N2O3. The zero-order valence-electron chi connectivity index (χ0n) is 14.4. The Hall–Kier alpha value is -2.95. The number of imide groups is 2. The van der Waals surface area contributed by atoms with Gasteiger partial charge in [0.1, 0.15) is 5.57 Å². The normalized spacial score (nSPS) is 20.7. The number of nitrogens with zero attached hydrogens (tertiary/aromatic N) is 1. The summed E-state index contributed by atoms with van der Waals surface area (Å²) in [7, 11) is 0. The van der Waals surface area contributed by atoms with Crippen LogP contribution in [0.1, 0.15) is 37.7 Å². The third-order valence-corrected chi connectivity index (χ3v) is 5.20. The van der Waals surface area contributed by atoms with Gasteiger partial charge < -0.3 is 0 Å². The van der Waals surface area contributed by atoms with Crippen LogP contribution in [0, 0.1) is 0 Å². The molecular weight excluding hydrogens is 328 g/mol. The predicted molar refractivity (Wildman–Crippen MR) is 99.2 cm³/mol. The van der Waals surface area contributed by atoms with Crippen LogP contribution in [-0.4, -0.2) is 28.8 Å². The summed E-state index contributed by atoms with van der Waals surface area (Å²) in [5.41, 5.74) is 0.811. The van der Waals surface area contributed by atoms with Crippen molar-refractivity contribution in [3.63, 3.8) is 0 Å². The van der Waals surface area contributed by atoms with Crippen molar-refractivity contribution in [3.8, 4) is 0 Å². The van der Waals surface area contributed by atoms with E-state index in [-0.39, 0.29) is 11.6 Å². The second-order valence-corrected chi connectivity index (χ2v) is 6.85. The second-order valence-electron chi connectivity index (χ2n) is 6.85. The monoisotopic (exact) mass is 348 g/mol. The summed E-state index contributed by atoms with van der Waals surface area (Å²) in [5, 5.41) is 4.33. The van der Waals surface area contributed by atoms with Crippen LogP contribution < -0.4 is 5.32 Å². The van der Waals surface area contributed by atoms with Crippen LogP contribution in [0.2, 0.25) is 0 Å². The molecule has 2 aromatic carbocycles. The lowest BCUT2D eigenvalue weighted by molar-refractivity contribution is -0.132. The Morgan fingerprint density at radius 2 is 1.65 bits per heavy atom. The van der Waals surface area contributed by atoms with Gasteiger partial charge in [0.25, 0.3) is 11.8 Å². The smallest absolute Gasteiger partial charge is 0.273 e. The van der Waals surface area contributed by atoms with Gasteiger partial charge in [-0.25, -0.2) is 4.79 Å². The molecule has 0 unspecified atom stereocenters. The molecule has 1 heterocycles. The van der Waals surface area contributed by atoms with Crippen molar-refractivity contribution in [2.24, 2.45) is 0 Å². The van der Waals surface area contributed by atoms with E-state index in [0.717, 1.165) is 48.4 Å². The van der Waals surface area contributed by atoms with E-state index in [1.54, 1.807) is 6.08 Å². The molecule has 0 aromatic heterocycles. The lowest BCUT2D eigenvalue weighted by atomic mass is 9.93. The maximum absolute atomic E-state index is 13.0. The van der Waals surface area contributed by atoms with Crippen molar-refractivity contribution < 1.29 is 14.4 Å². The molecule has 2 fully saturated rings. The summed E-state index contributed by atoms with van der Waals surface area (Å²) in [6.45, 7) is 0. The van der Waals surface area contributed by atoms with E-state index in [0.29, 0.717) is 0 Å². The molecule has 1 aliphatic carbocycles. The van der Waals surface area contributed by atoms with Crippen molar-refractivity contribution in [3.05, 3.63) is 53.6 Å². The molecule has 2 aliphatic rings. The average molecular weight is 348 g/mol. The number of benzene rings is 2. The van der Waals surface area contributed by atoms with E-state index in [9.17, 15) is 14.4 Å². The fourth-order valence-electron chi connectivity index (χ4n) is 3.87. The van der Waals surface area contributed by atoms with Crippen LogP contribution in [-0.2, 0) is 9.59 Å². The highest BCUT2D eigenvalue weighted by atomic mass is 16.2. The van der Waals surface area contributed by atoms with E-state index < -0.39 is 17.8 Å². The molecule has 2 aromatic rings. The van der Waals surface area contributed by atoms with Gasteiger partial charge in [0.2, 0.25) is 0 Å². The molecule has 1 saturated heterocycles. The number of nitrogens with one attached hydrogen (secondary N) is 1. The number of fused-ring (bicyclic) bond motifs is 1. The van der Waals surface area contributed by atoms with E-state index in [1.165, 1.54) is 4.90 Å². The van der Waals surface area contributed by atoms with Crippen molar-refractivity contribution in [2.45, 2.75) is 38.1 Å². The Morgan fingerprint density at radius 1 is 0.923 bits per heavy atom. The molecule has 26 heavy (non-hydrogen) atoms. The van der Waals surface area contributed by atoms with Gasteiger partial charge in [0.05, 0.1) is 0 Å². The van der Waals surface area contributed by atoms with Crippen LogP contribution in [0.4, 0.5) is 4.79 Å². The standard InChI is InChI=1S/C21H20N2O3/c24-19-18(13-15-9-6-8-14-7-4-5-12-17(14)15)20(25)23(21(26)22-19)16-10-2-1-3-11-16/h4-9,12-13,16H,1-3,10-11H2,(H,22,24,26)/b18-13-. The molecule has 0 radical (unpaired) electrons. The van der Waals surface area contributed by atoms with Gasteiger partial charge in [0, 0.05) is 6.04 Å². The molecule has 1 aliphatic heterocycles. The minimum atomic E-state index is -0.625. The number of amides is 4. The van der Waals surface area contributed by atoms with E-state index in [1.807, 2.05) is 42.5 Å². The number of carbonyl (C=O) groups excluding carboxylic acids is 3. The fraction of sp³-hybridized carbons (Fsp3) is 0.286. The van der Waals surface area contributed by atoms with E-state index >= 15 is 0 Å². The SMILES string of the molecule is O=C1NC(=O)N(C2CCCCC2)C(=O)/C1=C\c1cccc2ccccc12. The highest BCUT2D eigenvalue weighted by Gasteiger charge is 2.40. The molecule has 4 amide bonds. The first-order chi connectivity index (χ1) is 12.6. The number of hydrogen-bond donors (Lipinski definition) is 1. The maximum atomic E-state index is 13.0. The number of hydrogen-bond acceptors (Lipinski definition) is 3. The molecule has 5 heteroatoms. The van der Waals surface area contributed by atoms with Gasteiger partial charge in [-0.3, -0.25) is 19.8 Å². The van der Waals surface area contributed by atoms with E-state index in [2.05, 4.69) is 5.32 Å².